The molecule has 0 saturated carbocycles. The molecule has 2 N–H and O–H groups in total. The van der Waals surface area contributed by atoms with Crippen LogP contribution in [0.1, 0.15) is 35.2 Å². The van der Waals surface area contributed by atoms with E-state index in [1.54, 1.807) is 6.07 Å². The van der Waals surface area contributed by atoms with Crippen molar-refractivity contribution < 1.29 is 4.79 Å². The number of halogens is 1. The molecule has 0 aliphatic carbocycles. The average Bonchev–Trinajstić information content (AvgIpc) is 2.36. The van der Waals surface area contributed by atoms with E-state index in [0.29, 0.717) is 23.2 Å². The fourth-order valence-corrected chi connectivity index (χ4v) is 2.57. The zero-order chi connectivity index (χ0) is 13.0. The van der Waals surface area contributed by atoms with Crippen molar-refractivity contribution in [2.45, 2.75) is 32.2 Å². The average molecular weight is 267 g/mol. The van der Waals surface area contributed by atoms with Gasteiger partial charge in [0.05, 0.1) is 0 Å². The van der Waals surface area contributed by atoms with Crippen LogP contribution >= 0.6 is 11.6 Å². The predicted molar refractivity (Wildman–Crippen MR) is 74.2 cm³/mol. The lowest BCUT2D eigenvalue weighted by Crippen LogP contribution is -2.43. The molecule has 1 atom stereocenters. The Morgan fingerprint density at radius 2 is 2.28 bits per heavy atom. The number of aryl methyl sites for hydroxylation is 1. The van der Waals surface area contributed by atoms with E-state index >= 15 is 0 Å². The smallest absolute Gasteiger partial charge is 0.251 e. The van der Waals surface area contributed by atoms with E-state index in [9.17, 15) is 4.79 Å². The summed E-state index contributed by atoms with van der Waals surface area (Å²) in [7, 11) is 0. The maximum atomic E-state index is 12.0. The standard InChI is InChI=1S/C14H19ClN2O/c1-10-6-11(8-12(15)7-10)14(18)17-9-13-4-2-3-5-16-13/h6-8,13,16H,2-5,9H2,1H3,(H,17,18). The number of rotatable bonds is 3. The molecule has 0 bridgehead atoms. The first-order valence-corrected chi connectivity index (χ1v) is 6.82. The van der Waals surface area contributed by atoms with Crippen LogP contribution in [-0.2, 0) is 0 Å². The van der Waals surface area contributed by atoms with Gasteiger partial charge in [-0.05, 0) is 50.1 Å². The van der Waals surface area contributed by atoms with Crippen LogP contribution in [0.2, 0.25) is 5.02 Å². The molecule has 1 aromatic carbocycles. The van der Waals surface area contributed by atoms with E-state index in [1.165, 1.54) is 12.8 Å². The second-order valence-corrected chi connectivity index (χ2v) is 5.31. The summed E-state index contributed by atoms with van der Waals surface area (Å²) < 4.78 is 0. The Labute approximate surface area is 113 Å². The van der Waals surface area contributed by atoms with Gasteiger partial charge in [0.2, 0.25) is 0 Å². The zero-order valence-electron chi connectivity index (χ0n) is 10.6. The summed E-state index contributed by atoms with van der Waals surface area (Å²) in [5.41, 5.74) is 1.64. The summed E-state index contributed by atoms with van der Waals surface area (Å²) in [6.07, 6.45) is 3.61. The molecule has 1 aliphatic rings. The molecule has 1 aromatic rings. The molecule has 0 aromatic heterocycles. The van der Waals surface area contributed by atoms with Crippen molar-refractivity contribution in [1.29, 1.82) is 0 Å². The van der Waals surface area contributed by atoms with Crippen molar-refractivity contribution in [2.24, 2.45) is 0 Å². The van der Waals surface area contributed by atoms with Gasteiger partial charge in [0.1, 0.15) is 0 Å². The number of amides is 1. The summed E-state index contributed by atoms with van der Waals surface area (Å²) in [6, 6.07) is 5.82. The van der Waals surface area contributed by atoms with Gasteiger partial charge in [-0.1, -0.05) is 18.0 Å². The van der Waals surface area contributed by atoms with Crippen LogP contribution in [0.4, 0.5) is 0 Å². The summed E-state index contributed by atoms with van der Waals surface area (Å²) in [5.74, 6) is -0.0482. The first-order valence-electron chi connectivity index (χ1n) is 6.44. The van der Waals surface area contributed by atoms with Crippen molar-refractivity contribution in [3.8, 4) is 0 Å². The van der Waals surface area contributed by atoms with Crippen LogP contribution in [-0.4, -0.2) is 25.0 Å². The number of hydrogen-bond acceptors (Lipinski definition) is 2. The summed E-state index contributed by atoms with van der Waals surface area (Å²) in [6.45, 7) is 3.67. The van der Waals surface area contributed by atoms with Crippen LogP contribution < -0.4 is 10.6 Å². The minimum atomic E-state index is -0.0482. The number of carbonyl (C=O) groups is 1. The van der Waals surface area contributed by atoms with Crippen molar-refractivity contribution in [2.75, 3.05) is 13.1 Å². The molecule has 1 aliphatic heterocycles. The molecule has 2 rings (SSSR count). The number of benzene rings is 1. The van der Waals surface area contributed by atoms with E-state index in [4.69, 9.17) is 11.6 Å². The van der Waals surface area contributed by atoms with Gasteiger partial charge in [0, 0.05) is 23.2 Å². The third kappa shape index (κ3) is 3.72. The molecule has 3 nitrogen and oxygen atoms in total. The van der Waals surface area contributed by atoms with Crippen molar-refractivity contribution >= 4 is 17.5 Å². The maximum Gasteiger partial charge on any atom is 0.251 e. The Bertz CT molecular complexity index is 408. The summed E-state index contributed by atoms with van der Waals surface area (Å²) in [5, 5.41) is 6.98. The first kappa shape index (κ1) is 13.4. The summed E-state index contributed by atoms with van der Waals surface area (Å²) >= 11 is 5.95. The lowest BCUT2D eigenvalue weighted by Gasteiger charge is -2.23. The summed E-state index contributed by atoms with van der Waals surface area (Å²) in [4.78, 5) is 12.0. The highest BCUT2D eigenvalue weighted by atomic mass is 35.5. The lowest BCUT2D eigenvalue weighted by atomic mass is 10.0. The quantitative estimate of drug-likeness (QED) is 0.883. The lowest BCUT2D eigenvalue weighted by molar-refractivity contribution is 0.0947. The molecule has 1 unspecified atom stereocenters. The molecule has 1 fully saturated rings. The third-order valence-electron chi connectivity index (χ3n) is 3.23. The molecule has 0 radical (unpaired) electrons. The van der Waals surface area contributed by atoms with Crippen molar-refractivity contribution in [1.82, 2.24) is 10.6 Å². The van der Waals surface area contributed by atoms with Crippen LogP contribution in [0.3, 0.4) is 0 Å². The molecule has 4 heteroatoms. The van der Waals surface area contributed by atoms with Gasteiger partial charge < -0.3 is 10.6 Å². The van der Waals surface area contributed by atoms with E-state index in [-0.39, 0.29) is 5.91 Å². The van der Waals surface area contributed by atoms with Crippen LogP contribution in [0, 0.1) is 6.92 Å². The second kappa shape index (κ2) is 6.21. The molecular weight excluding hydrogens is 248 g/mol. The monoisotopic (exact) mass is 266 g/mol. The van der Waals surface area contributed by atoms with E-state index in [0.717, 1.165) is 18.5 Å². The highest BCUT2D eigenvalue weighted by molar-refractivity contribution is 6.31. The Hall–Kier alpha value is -1.06. The normalized spacial score (nSPS) is 19.6. The first-order chi connectivity index (χ1) is 8.65. The van der Waals surface area contributed by atoms with Crippen LogP contribution in [0.5, 0.6) is 0 Å². The van der Waals surface area contributed by atoms with E-state index < -0.39 is 0 Å². The van der Waals surface area contributed by atoms with Gasteiger partial charge in [-0.25, -0.2) is 0 Å². The fourth-order valence-electron chi connectivity index (χ4n) is 2.28. The molecule has 0 spiro atoms. The number of piperidine rings is 1. The Kier molecular flexibility index (Phi) is 4.61. The maximum absolute atomic E-state index is 12.0. The van der Waals surface area contributed by atoms with Crippen molar-refractivity contribution in [3.63, 3.8) is 0 Å². The molecule has 18 heavy (non-hydrogen) atoms. The number of nitrogens with one attached hydrogen (secondary N) is 2. The Morgan fingerprint density at radius 3 is 2.94 bits per heavy atom. The van der Waals surface area contributed by atoms with Crippen LogP contribution in [0.15, 0.2) is 18.2 Å². The van der Waals surface area contributed by atoms with Gasteiger partial charge in [-0.2, -0.15) is 0 Å². The minimum absolute atomic E-state index is 0.0482. The molecule has 1 saturated heterocycles. The molecule has 1 amide bonds. The zero-order valence-corrected chi connectivity index (χ0v) is 11.4. The van der Waals surface area contributed by atoms with Gasteiger partial charge in [0.15, 0.2) is 0 Å². The number of carbonyl (C=O) groups excluding carboxylic acids is 1. The minimum Gasteiger partial charge on any atom is -0.350 e. The second-order valence-electron chi connectivity index (χ2n) is 4.87. The Morgan fingerprint density at radius 1 is 1.44 bits per heavy atom. The van der Waals surface area contributed by atoms with Crippen LogP contribution in [0.25, 0.3) is 0 Å². The molecular formula is C14H19ClN2O. The highest BCUT2D eigenvalue weighted by Crippen LogP contribution is 2.14. The van der Waals surface area contributed by atoms with Gasteiger partial charge in [0.25, 0.3) is 5.91 Å². The number of hydrogen-bond donors (Lipinski definition) is 2. The highest BCUT2D eigenvalue weighted by Gasteiger charge is 2.14. The van der Waals surface area contributed by atoms with E-state index in [2.05, 4.69) is 10.6 Å². The van der Waals surface area contributed by atoms with Gasteiger partial charge >= 0.3 is 0 Å². The van der Waals surface area contributed by atoms with Crippen molar-refractivity contribution in [3.05, 3.63) is 34.3 Å². The Balaban J connectivity index is 1.90. The fraction of sp³-hybridized carbons (Fsp3) is 0.500. The van der Waals surface area contributed by atoms with Gasteiger partial charge in [-0.3, -0.25) is 4.79 Å². The molecule has 1 heterocycles. The largest absolute Gasteiger partial charge is 0.350 e. The SMILES string of the molecule is Cc1cc(Cl)cc(C(=O)NCC2CCCCN2)c1. The topological polar surface area (TPSA) is 41.1 Å². The predicted octanol–water partition coefficient (Wildman–Crippen LogP) is 2.52. The third-order valence-corrected chi connectivity index (χ3v) is 3.44. The van der Waals surface area contributed by atoms with Gasteiger partial charge in [-0.15, -0.1) is 0 Å². The van der Waals surface area contributed by atoms with E-state index in [1.807, 2.05) is 19.1 Å². The molecule has 98 valence electrons.